The number of nitrogens with zero attached hydrogens (tertiary/aromatic N) is 3. The van der Waals surface area contributed by atoms with E-state index in [1.165, 1.54) is 18.2 Å². The third-order valence-corrected chi connectivity index (χ3v) is 4.05. The fraction of sp³-hybridized carbons (Fsp3) is 0.250. The van der Waals surface area contributed by atoms with E-state index >= 15 is 0 Å². The van der Waals surface area contributed by atoms with Crippen molar-refractivity contribution in [3.05, 3.63) is 79.4 Å². The first-order chi connectivity index (χ1) is 11.0. The lowest BCUT2D eigenvalue weighted by molar-refractivity contribution is -0.385. The average molecular weight is 313 g/mol. The van der Waals surface area contributed by atoms with E-state index in [0.717, 1.165) is 36.2 Å². The molecule has 0 aromatic heterocycles. The van der Waals surface area contributed by atoms with E-state index in [9.17, 15) is 20.2 Å². The van der Waals surface area contributed by atoms with Crippen LogP contribution in [-0.4, -0.2) is 21.3 Å². The molecule has 7 nitrogen and oxygen atoms in total. The second-order valence-corrected chi connectivity index (χ2v) is 5.59. The third-order valence-electron chi connectivity index (χ3n) is 4.05. The van der Waals surface area contributed by atoms with E-state index in [4.69, 9.17) is 0 Å². The molecule has 0 saturated heterocycles. The number of nitro groups is 2. The predicted octanol–water partition coefficient (Wildman–Crippen LogP) is 3.06. The Morgan fingerprint density at radius 2 is 1.57 bits per heavy atom. The summed E-state index contributed by atoms with van der Waals surface area (Å²) in [7, 11) is 0. The first-order valence-corrected chi connectivity index (χ1v) is 7.25. The number of nitro benzene ring substituents is 2. The van der Waals surface area contributed by atoms with Gasteiger partial charge < -0.3 is 0 Å². The van der Waals surface area contributed by atoms with Gasteiger partial charge in [0.2, 0.25) is 0 Å². The Morgan fingerprint density at radius 1 is 0.913 bits per heavy atom. The van der Waals surface area contributed by atoms with Gasteiger partial charge in [-0.3, -0.25) is 25.1 Å². The van der Waals surface area contributed by atoms with Gasteiger partial charge in [-0.2, -0.15) is 0 Å². The van der Waals surface area contributed by atoms with Crippen molar-refractivity contribution in [1.29, 1.82) is 0 Å². The molecule has 1 heterocycles. The highest BCUT2D eigenvalue weighted by molar-refractivity contribution is 5.41. The molecule has 1 aliphatic heterocycles. The van der Waals surface area contributed by atoms with E-state index < -0.39 is 4.92 Å². The van der Waals surface area contributed by atoms with Gasteiger partial charge >= 0.3 is 0 Å². The van der Waals surface area contributed by atoms with Crippen LogP contribution in [0.3, 0.4) is 0 Å². The van der Waals surface area contributed by atoms with Gasteiger partial charge in [0.15, 0.2) is 0 Å². The second-order valence-electron chi connectivity index (χ2n) is 5.59. The van der Waals surface area contributed by atoms with Gasteiger partial charge in [0.25, 0.3) is 11.4 Å². The van der Waals surface area contributed by atoms with Crippen LogP contribution in [0.15, 0.2) is 42.5 Å². The summed E-state index contributed by atoms with van der Waals surface area (Å²) in [5.41, 5.74) is 3.36. The van der Waals surface area contributed by atoms with E-state index in [-0.39, 0.29) is 16.3 Å². The van der Waals surface area contributed by atoms with Gasteiger partial charge in [-0.25, -0.2) is 0 Å². The Kier molecular flexibility index (Phi) is 4.03. The summed E-state index contributed by atoms with van der Waals surface area (Å²) >= 11 is 0. The van der Waals surface area contributed by atoms with Crippen LogP contribution in [-0.2, 0) is 19.5 Å². The normalized spacial score (nSPS) is 14.3. The zero-order chi connectivity index (χ0) is 16.4. The van der Waals surface area contributed by atoms with Gasteiger partial charge in [0.05, 0.1) is 9.85 Å². The van der Waals surface area contributed by atoms with Crippen LogP contribution < -0.4 is 0 Å². The number of hydrogen-bond donors (Lipinski definition) is 0. The SMILES string of the molecule is O=[N+]([O-])c1ccc(CN2CCc3cc([N+](=O)[O-])ccc3C2)cc1. The lowest BCUT2D eigenvalue weighted by atomic mass is 9.98. The fourth-order valence-corrected chi connectivity index (χ4v) is 2.83. The molecule has 2 aromatic carbocycles. The highest BCUT2D eigenvalue weighted by atomic mass is 16.6. The minimum absolute atomic E-state index is 0.0880. The molecule has 0 spiro atoms. The molecule has 23 heavy (non-hydrogen) atoms. The largest absolute Gasteiger partial charge is 0.294 e. The number of hydrogen-bond acceptors (Lipinski definition) is 5. The Labute approximate surface area is 132 Å². The Morgan fingerprint density at radius 3 is 2.22 bits per heavy atom. The summed E-state index contributed by atoms with van der Waals surface area (Å²) in [5, 5.41) is 21.5. The van der Waals surface area contributed by atoms with Gasteiger partial charge in [-0.1, -0.05) is 18.2 Å². The van der Waals surface area contributed by atoms with Crippen molar-refractivity contribution in [2.75, 3.05) is 6.54 Å². The molecule has 2 aromatic rings. The molecule has 7 heteroatoms. The van der Waals surface area contributed by atoms with Crippen molar-refractivity contribution in [2.45, 2.75) is 19.5 Å². The zero-order valence-corrected chi connectivity index (χ0v) is 12.3. The quantitative estimate of drug-likeness (QED) is 0.639. The molecule has 0 bridgehead atoms. The number of rotatable bonds is 4. The molecule has 0 unspecified atom stereocenters. The third kappa shape index (κ3) is 3.35. The van der Waals surface area contributed by atoms with Crippen molar-refractivity contribution in [3.63, 3.8) is 0 Å². The molecular formula is C16H15N3O4. The maximum atomic E-state index is 10.8. The van der Waals surface area contributed by atoms with Crippen molar-refractivity contribution in [1.82, 2.24) is 4.90 Å². The highest BCUT2D eigenvalue weighted by Crippen LogP contribution is 2.25. The molecule has 0 N–H and O–H groups in total. The molecular weight excluding hydrogens is 298 g/mol. The molecule has 0 fully saturated rings. The number of benzene rings is 2. The molecule has 1 aliphatic rings. The topological polar surface area (TPSA) is 89.5 Å². The van der Waals surface area contributed by atoms with Crippen LogP contribution in [0.5, 0.6) is 0 Å². The van der Waals surface area contributed by atoms with E-state index in [1.807, 2.05) is 6.07 Å². The maximum absolute atomic E-state index is 10.8. The first-order valence-electron chi connectivity index (χ1n) is 7.25. The Balaban J connectivity index is 1.70. The fourth-order valence-electron chi connectivity index (χ4n) is 2.83. The van der Waals surface area contributed by atoms with Gasteiger partial charge in [0, 0.05) is 43.9 Å². The van der Waals surface area contributed by atoms with Crippen molar-refractivity contribution in [2.24, 2.45) is 0 Å². The van der Waals surface area contributed by atoms with Gasteiger partial charge in [-0.05, 0) is 23.1 Å². The molecule has 0 atom stereocenters. The molecule has 118 valence electrons. The van der Waals surface area contributed by atoms with Gasteiger partial charge in [0.1, 0.15) is 0 Å². The number of fused-ring (bicyclic) bond motifs is 1. The average Bonchev–Trinajstić information content (AvgIpc) is 2.54. The smallest absolute Gasteiger partial charge is 0.269 e. The van der Waals surface area contributed by atoms with E-state index in [2.05, 4.69) is 4.90 Å². The van der Waals surface area contributed by atoms with Gasteiger partial charge in [-0.15, -0.1) is 0 Å². The summed E-state index contributed by atoms with van der Waals surface area (Å²) in [6.45, 7) is 2.24. The monoisotopic (exact) mass is 313 g/mol. The van der Waals surface area contributed by atoms with Crippen LogP contribution >= 0.6 is 0 Å². The van der Waals surface area contributed by atoms with Crippen LogP contribution in [0.2, 0.25) is 0 Å². The maximum Gasteiger partial charge on any atom is 0.269 e. The summed E-state index contributed by atoms with van der Waals surface area (Å²) < 4.78 is 0. The second kappa shape index (κ2) is 6.13. The Hall–Kier alpha value is -2.80. The van der Waals surface area contributed by atoms with Crippen molar-refractivity contribution < 1.29 is 9.85 Å². The van der Waals surface area contributed by atoms with Crippen LogP contribution in [0.25, 0.3) is 0 Å². The minimum Gasteiger partial charge on any atom is -0.294 e. The van der Waals surface area contributed by atoms with E-state index in [0.29, 0.717) is 6.54 Å². The molecule has 0 amide bonds. The molecule has 0 radical (unpaired) electrons. The predicted molar refractivity (Wildman–Crippen MR) is 84.0 cm³/mol. The highest BCUT2D eigenvalue weighted by Gasteiger charge is 2.19. The first kappa shape index (κ1) is 15.1. The zero-order valence-electron chi connectivity index (χ0n) is 12.3. The molecule has 0 aliphatic carbocycles. The molecule has 0 saturated carbocycles. The summed E-state index contributed by atoms with van der Waals surface area (Å²) in [5.74, 6) is 0. The van der Waals surface area contributed by atoms with Crippen molar-refractivity contribution >= 4 is 11.4 Å². The van der Waals surface area contributed by atoms with Crippen LogP contribution in [0, 0.1) is 20.2 Å². The number of non-ortho nitro benzene ring substituents is 2. The standard InChI is InChI=1S/C16H15N3O4/c20-18(21)15-4-1-12(2-5-15)10-17-8-7-13-9-16(19(22)23)6-3-14(13)11-17/h1-6,9H,7-8,10-11H2. The van der Waals surface area contributed by atoms with Crippen LogP contribution in [0.4, 0.5) is 11.4 Å². The lowest BCUT2D eigenvalue weighted by Gasteiger charge is -2.28. The summed E-state index contributed by atoms with van der Waals surface area (Å²) in [6.07, 6.45) is 0.768. The molecule has 3 rings (SSSR count). The van der Waals surface area contributed by atoms with Crippen molar-refractivity contribution in [3.8, 4) is 0 Å². The van der Waals surface area contributed by atoms with Crippen LogP contribution in [0.1, 0.15) is 16.7 Å². The summed E-state index contributed by atoms with van der Waals surface area (Å²) in [6, 6.07) is 11.6. The lowest BCUT2D eigenvalue weighted by Crippen LogP contribution is -2.30. The Bertz CT molecular complexity index is 758. The van der Waals surface area contributed by atoms with E-state index in [1.54, 1.807) is 18.2 Å². The minimum atomic E-state index is -0.409. The summed E-state index contributed by atoms with van der Waals surface area (Å²) in [4.78, 5) is 22.9.